The molecule has 18 heavy (non-hydrogen) atoms. The molecule has 0 bridgehead atoms. The lowest BCUT2D eigenvalue weighted by Gasteiger charge is -2.16. The third-order valence-electron chi connectivity index (χ3n) is 2.81. The van der Waals surface area contributed by atoms with Gasteiger partial charge in [-0.15, -0.1) is 0 Å². The number of hydrogen-bond acceptors (Lipinski definition) is 2. The molecule has 3 heteroatoms. The Balaban J connectivity index is 2.14. The van der Waals surface area contributed by atoms with E-state index >= 15 is 0 Å². The highest BCUT2D eigenvalue weighted by Crippen LogP contribution is 2.16. The van der Waals surface area contributed by atoms with E-state index in [1.807, 2.05) is 25.1 Å². The first-order valence-corrected chi connectivity index (χ1v) is 6.06. The van der Waals surface area contributed by atoms with Gasteiger partial charge in [0, 0.05) is 13.6 Å². The molecule has 0 unspecified atom stereocenters. The molecule has 0 aliphatic rings. The first kappa shape index (κ1) is 12.4. The maximum atomic E-state index is 11.5. The lowest BCUT2D eigenvalue weighted by molar-refractivity contribution is 0.114. The van der Waals surface area contributed by atoms with Crippen molar-refractivity contribution in [3.8, 4) is 0 Å². The van der Waals surface area contributed by atoms with Crippen LogP contribution in [0.1, 0.15) is 12.5 Å². The number of carbonyl (C=O) groups excluding carboxylic acids is 1. The average Bonchev–Trinajstić information content (AvgIpc) is 2.39. The van der Waals surface area contributed by atoms with Crippen LogP contribution in [0.4, 0.5) is 4.79 Å². The smallest absolute Gasteiger partial charge is 0.409 e. The maximum absolute atomic E-state index is 11.5. The van der Waals surface area contributed by atoms with Gasteiger partial charge in [-0.25, -0.2) is 4.79 Å². The van der Waals surface area contributed by atoms with Gasteiger partial charge in [0.25, 0.3) is 0 Å². The number of ether oxygens (including phenoxy) is 1. The predicted molar refractivity (Wildman–Crippen MR) is 72.4 cm³/mol. The fraction of sp³-hybridized carbons (Fsp3) is 0.267. The van der Waals surface area contributed by atoms with E-state index in [9.17, 15) is 4.79 Å². The summed E-state index contributed by atoms with van der Waals surface area (Å²) in [5, 5.41) is 2.40. The molecule has 0 spiro atoms. The van der Waals surface area contributed by atoms with Gasteiger partial charge in [0.1, 0.15) is 0 Å². The van der Waals surface area contributed by atoms with Gasteiger partial charge in [0.05, 0.1) is 6.61 Å². The molecule has 0 saturated heterocycles. The molecule has 2 aromatic rings. The van der Waals surface area contributed by atoms with E-state index in [0.29, 0.717) is 13.2 Å². The number of nitrogens with zero attached hydrogens (tertiary/aromatic N) is 1. The molecule has 0 N–H and O–H groups in total. The Labute approximate surface area is 107 Å². The van der Waals surface area contributed by atoms with E-state index in [1.165, 1.54) is 10.8 Å². The average molecular weight is 243 g/mol. The molecule has 2 rings (SSSR count). The summed E-state index contributed by atoms with van der Waals surface area (Å²) in [5.74, 6) is 0. The molecule has 0 aromatic heterocycles. The van der Waals surface area contributed by atoms with Crippen LogP contribution in [0.3, 0.4) is 0 Å². The van der Waals surface area contributed by atoms with Crippen molar-refractivity contribution in [2.45, 2.75) is 13.5 Å². The Morgan fingerprint density at radius 1 is 1.17 bits per heavy atom. The van der Waals surface area contributed by atoms with Gasteiger partial charge < -0.3 is 9.64 Å². The second-order valence-electron chi connectivity index (χ2n) is 4.24. The minimum Gasteiger partial charge on any atom is -0.450 e. The Kier molecular flexibility index (Phi) is 3.82. The fourth-order valence-electron chi connectivity index (χ4n) is 1.91. The van der Waals surface area contributed by atoms with E-state index in [0.717, 1.165) is 5.56 Å². The molecule has 1 amide bonds. The van der Waals surface area contributed by atoms with Crippen molar-refractivity contribution >= 4 is 16.9 Å². The summed E-state index contributed by atoms with van der Waals surface area (Å²) in [6.45, 7) is 2.77. The van der Waals surface area contributed by atoms with Crippen LogP contribution >= 0.6 is 0 Å². The molecule has 0 atom stereocenters. The molecule has 0 heterocycles. The van der Waals surface area contributed by atoms with Gasteiger partial charge in [-0.1, -0.05) is 36.4 Å². The van der Waals surface area contributed by atoms with E-state index in [-0.39, 0.29) is 6.09 Å². The summed E-state index contributed by atoms with van der Waals surface area (Å²) in [6.07, 6.45) is -0.286. The predicted octanol–water partition coefficient (Wildman–Crippen LogP) is 3.43. The molecule has 0 fully saturated rings. The Hall–Kier alpha value is -2.03. The van der Waals surface area contributed by atoms with Crippen molar-refractivity contribution in [3.05, 3.63) is 48.0 Å². The molecule has 2 aromatic carbocycles. The summed E-state index contributed by atoms with van der Waals surface area (Å²) >= 11 is 0. The first-order chi connectivity index (χ1) is 8.70. The van der Waals surface area contributed by atoms with Crippen molar-refractivity contribution in [2.75, 3.05) is 13.7 Å². The van der Waals surface area contributed by atoms with Crippen molar-refractivity contribution in [3.63, 3.8) is 0 Å². The zero-order valence-electron chi connectivity index (χ0n) is 10.7. The van der Waals surface area contributed by atoms with Crippen LogP contribution < -0.4 is 0 Å². The number of rotatable bonds is 3. The molecular weight excluding hydrogens is 226 g/mol. The van der Waals surface area contributed by atoms with Crippen LogP contribution in [0, 0.1) is 0 Å². The Morgan fingerprint density at radius 2 is 1.89 bits per heavy atom. The van der Waals surface area contributed by atoms with Crippen LogP contribution in [0.2, 0.25) is 0 Å². The largest absolute Gasteiger partial charge is 0.450 e. The number of benzene rings is 2. The second-order valence-corrected chi connectivity index (χ2v) is 4.24. The molecular formula is C15H17NO2. The molecule has 3 nitrogen and oxygen atoms in total. The Bertz CT molecular complexity index is 551. The number of fused-ring (bicyclic) bond motifs is 1. The summed E-state index contributed by atoms with van der Waals surface area (Å²) in [5.41, 5.74) is 1.10. The number of carbonyl (C=O) groups is 1. The van der Waals surface area contributed by atoms with Gasteiger partial charge in [-0.3, -0.25) is 0 Å². The maximum Gasteiger partial charge on any atom is 0.409 e. The molecule has 0 aliphatic carbocycles. The van der Waals surface area contributed by atoms with Gasteiger partial charge in [0.2, 0.25) is 0 Å². The summed E-state index contributed by atoms with van der Waals surface area (Å²) in [6, 6.07) is 14.4. The minimum atomic E-state index is -0.286. The fourth-order valence-corrected chi connectivity index (χ4v) is 1.91. The number of amides is 1. The third-order valence-corrected chi connectivity index (χ3v) is 2.81. The van der Waals surface area contributed by atoms with Crippen LogP contribution in [0.25, 0.3) is 10.8 Å². The van der Waals surface area contributed by atoms with Gasteiger partial charge in [-0.2, -0.15) is 0 Å². The summed E-state index contributed by atoms with van der Waals surface area (Å²) < 4.78 is 4.95. The van der Waals surface area contributed by atoms with Crippen LogP contribution in [0.15, 0.2) is 42.5 Å². The van der Waals surface area contributed by atoms with E-state index in [4.69, 9.17) is 4.74 Å². The van der Waals surface area contributed by atoms with Gasteiger partial charge >= 0.3 is 6.09 Å². The highest BCUT2D eigenvalue weighted by molar-refractivity contribution is 5.83. The van der Waals surface area contributed by atoms with E-state index < -0.39 is 0 Å². The van der Waals surface area contributed by atoms with Crippen molar-refractivity contribution in [2.24, 2.45) is 0 Å². The van der Waals surface area contributed by atoms with Gasteiger partial charge in [0.15, 0.2) is 0 Å². The molecule has 0 aliphatic heterocycles. The quantitative estimate of drug-likeness (QED) is 0.826. The van der Waals surface area contributed by atoms with Crippen molar-refractivity contribution < 1.29 is 9.53 Å². The van der Waals surface area contributed by atoms with Crippen LogP contribution in [-0.2, 0) is 11.3 Å². The summed E-state index contributed by atoms with van der Waals surface area (Å²) in [4.78, 5) is 13.1. The van der Waals surface area contributed by atoms with E-state index in [2.05, 4.69) is 24.3 Å². The SMILES string of the molecule is CCOC(=O)N(C)Cc1ccc2ccccc2c1. The van der Waals surface area contributed by atoms with Crippen LogP contribution in [0.5, 0.6) is 0 Å². The highest BCUT2D eigenvalue weighted by atomic mass is 16.5. The molecule has 0 saturated carbocycles. The van der Waals surface area contributed by atoms with E-state index in [1.54, 1.807) is 11.9 Å². The molecule has 94 valence electrons. The normalized spacial score (nSPS) is 10.3. The summed E-state index contributed by atoms with van der Waals surface area (Å²) in [7, 11) is 1.74. The third kappa shape index (κ3) is 2.80. The van der Waals surface area contributed by atoms with Gasteiger partial charge in [-0.05, 0) is 29.3 Å². The minimum absolute atomic E-state index is 0.286. The number of hydrogen-bond donors (Lipinski definition) is 0. The van der Waals surface area contributed by atoms with Crippen molar-refractivity contribution in [1.82, 2.24) is 4.90 Å². The monoisotopic (exact) mass is 243 g/mol. The van der Waals surface area contributed by atoms with Crippen molar-refractivity contribution in [1.29, 1.82) is 0 Å². The molecule has 0 radical (unpaired) electrons. The zero-order valence-corrected chi connectivity index (χ0v) is 10.7. The zero-order chi connectivity index (χ0) is 13.0. The van der Waals surface area contributed by atoms with Crippen LogP contribution in [-0.4, -0.2) is 24.6 Å². The highest BCUT2D eigenvalue weighted by Gasteiger charge is 2.09. The lowest BCUT2D eigenvalue weighted by Crippen LogP contribution is -2.26. The lowest BCUT2D eigenvalue weighted by atomic mass is 10.1. The standard InChI is InChI=1S/C15H17NO2/c1-3-18-15(17)16(2)11-12-8-9-13-6-4-5-7-14(13)10-12/h4-10H,3,11H2,1-2H3. The Morgan fingerprint density at radius 3 is 2.61 bits per heavy atom. The second kappa shape index (κ2) is 5.54. The topological polar surface area (TPSA) is 29.5 Å². The first-order valence-electron chi connectivity index (χ1n) is 6.06.